The van der Waals surface area contributed by atoms with Gasteiger partial charge in [-0.1, -0.05) is 26.2 Å². The molecule has 0 saturated heterocycles. The number of hydrogen-bond acceptors (Lipinski definition) is 5. The lowest BCUT2D eigenvalue weighted by atomic mass is 10.1. The third-order valence-electron chi connectivity index (χ3n) is 4.08. The maximum Gasteiger partial charge on any atom is 0.426 e. The van der Waals surface area contributed by atoms with Gasteiger partial charge in [-0.3, -0.25) is 9.35 Å². The molecule has 2 atom stereocenters. The van der Waals surface area contributed by atoms with Gasteiger partial charge in [-0.05, 0) is 25.1 Å². The maximum atomic E-state index is 12.7. The molecule has 150 valence electrons. The minimum Gasteiger partial charge on any atom is -0.451 e. The van der Waals surface area contributed by atoms with Crippen LogP contribution in [0.15, 0.2) is 0 Å². The van der Waals surface area contributed by atoms with Crippen LogP contribution >= 0.6 is 0 Å². The van der Waals surface area contributed by atoms with Crippen molar-refractivity contribution in [3.63, 3.8) is 0 Å². The highest BCUT2D eigenvalue weighted by molar-refractivity contribution is 7.85. The van der Waals surface area contributed by atoms with Gasteiger partial charge in [0.05, 0.1) is 0 Å². The Kier molecular flexibility index (Phi) is 9.62. The van der Waals surface area contributed by atoms with Crippen molar-refractivity contribution in [3.05, 3.63) is 0 Å². The summed E-state index contributed by atoms with van der Waals surface area (Å²) in [5, 5.41) is 0. The highest BCUT2D eigenvalue weighted by atomic mass is 32.2. The molecule has 0 rings (SSSR count). The van der Waals surface area contributed by atoms with Crippen LogP contribution in [0.1, 0.15) is 39.0 Å². The normalized spacial score (nSPS) is 15.7. The molecule has 11 heteroatoms. The van der Waals surface area contributed by atoms with Gasteiger partial charge in [0.1, 0.15) is 5.75 Å². The summed E-state index contributed by atoms with van der Waals surface area (Å²) >= 11 is 0. The summed E-state index contributed by atoms with van der Waals surface area (Å²) in [6.45, 7) is 6.10. The van der Waals surface area contributed by atoms with E-state index in [-0.39, 0.29) is 12.0 Å². The van der Waals surface area contributed by atoms with Gasteiger partial charge in [0.15, 0.2) is 8.32 Å². The summed E-state index contributed by atoms with van der Waals surface area (Å²) in [4.78, 5) is 11.6. The lowest BCUT2D eigenvalue weighted by Gasteiger charge is -2.30. The number of ether oxygens (including phenoxy) is 1. The first-order valence-electron chi connectivity index (χ1n) is 7.99. The van der Waals surface area contributed by atoms with Crippen LogP contribution in [0.5, 0.6) is 0 Å². The molecule has 0 fully saturated rings. The molecule has 0 saturated carbocycles. The van der Waals surface area contributed by atoms with Crippen LogP contribution in [0.4, 0.5) is 13.2 Å². The molecule has 25 heavy (non-hydrogen) atoms. The summed E-state index contributed by atoms with van der Waals surface area (Å²) in [6.07, 6.45) is -5.43. The first-order chi connectivity index (χ1) is 11.2. The fourth-order valence-electron chi connectivity index (χ4n) is 2.45. The Labute approximate surface area is 148 Å². The van der Waals surface area contributed by atoms with Gasteiger partial charge >= 0.3 is 12.1 Å². The zero-order valence-corrected chi connectivity index (χ0v) is 16.7. The number of alkyl halides is 3. The van der Waals surface area contributed by atoms with Crippen molar-refractivity contribution in [2.45, 2.75) is 69.9 Å². The van der Waals surface area contributed by atoms with E-state index in [1.54, 1.807) is 7.11 Å². The number of halogens is 3. The molecule has 0 radical (unpaired) electrons. The van der Waals surface area contributed by atoms with Crippen LogP contribution < -0.4 is 0 Å². The summed E-state index contributed by atoms with van der Waals surface area (Å²) in [6, 6.07) is 0. The molecule has 1 N–H and O–H groups in total. The van der Waals surface area contributed by atoms with Crippen LogP contribution in [0.2, 0.25) is 18.6 Å². The summed E-state index contributed by atoms with van der Waals surface area (Å²) in [7, 11) is -5.23. The van der Waals surface area contributed by atoms with Gasteiger partial charge in [0.25, 0.3) is 10.1 Å². The fraction of sp³-hybridized carbons (Fsp3) is 0.929. The van der Waals surface area contributed by atoms with Crippen molar-refractivity contribution in [1.82, 2.24) is 0 Å². The molecule has 0 aliphatic heterocycles. The second-order valence-corrected chi connectivity index (χ2v) is 12.4. The third-order valence-corrected chi connectivity index (χ3v) is 8.40. The van der Waals surface area contributed by atoms with E-state index in [1.165, 1.54) is 0 Å². The quantitative estimate of drug-likeness (QED) is 0.319. The zero-order valence-electron chi connectivity index (χ0n) is 14.9. The maximum absolute atomic E-state index is 12.7. The first kappa shape index (κ1) is 24.3. The van der Waals surface area contributed by atoms with Crippen LogP contribution in [0.3, 0.4) is 0 Å². The van der Waals surface area contributed by atoms with Gasteiger partial charge in [-0.25, -0.2) is 0 Å². The van der Waals surface area contributed by atoms with Crippen molar-refractivity contribution in [2.75, 3.05) is 12.9 Å². The molecule has 0 amide bonds. The Balaban J connectivity index is 4.66. The van der Waals surface area contributed by atoms with Crippen LogP contribution in [-0.2, 0) is 24.1 Å². The minimum absolute atomic E-state index is 0.256. The van der Waals surface area contributed by atoms with E-state index in [1.807, 2.05) is 20.0 Å². The van der Waals surface area contributed by atoms with E-state index in [4.69, 9.17) is 8.98 Å². The van der Waals surface area contributed by atoms with Crippen LogP contribution in [0, 0.1) is 0 Å². The molecule has 6 nitrogen and oxygen atoms in total. The Morgan fingerprint density at radius 2 is 1.80 bits per heavy atom. The number of rotatable bonds is 11. The lowest BCUT2D eigenvalue weighted by molar-refractivity contribution is -0.215. The summed E-state index contributed by atoms with van der Waals surface area (Å²) in [5.74, 6) is -2.84. The number of esters is 1. The van der Waals surface area contributed by atoms with Gasteiger partial charge in [0, 0.05) is 13.5 Å². The van der Waals surface area contributed by atoms with E-state index >= 15 is 0 Å². The summed E-state index contributed by atoms with van der Waals surface area (Å²) in [5.41, 5.74) is 0.256. The average Bonchev–Trinajstić information content (AvgIpc) is 2.43. The number of hydrogen-bond donors (Lipinski definition) is 1. The Morgan fingerprint density at radius 1 is 1.24 bits per heavy atom. The van der Waals surface area contributed by atoms with E-state index in [0.29, 0.717) is 12.8 Å². The molecule has 0 aromatic rings. The number of carbonyl (C=O) groups is 1. The highest BCUT2D eigenvalue weighted by Crippen LogP contribution is 2.32. The summed E-state index contributed by atoms with van der Waals surface area (Å²) < 4.78 is 77.7. The monoisotopic (exact) mass is 408 g/mol. The Bertz CT molecular complexity index is 521. The molecule has 0 aliphatic carbocycles. The minimum atomic E-state index is -5.07. The second-order valence-electron chi connectivity index (χ2n) is 6.45. The molecule has 2 unspecified atom stereocenters. The molecular weight excluding hydrogens is 381 g/mol. The van der Waals surface area contributed by atoms with E-state index < -0.39 is 42.4 Å². The SMILES string of the molecule is CCCC(CCCC(=O)OC(CS(=O)(=O)O)C(F)(F)F)[Si](C)(C)OC. The van der Waals surface area contributed by atoms with Crippen LogP contribution in [-0.4, -0.2) is 52.4 Å². The van der Waals surface area contributed by atoms with Crippen molar-refractivity contribution in [1.29, 1.82) is 0 Å². The van der Waals surface area contributed by atoms with Crippen LogP contribution in [0.25, 0.3) is 0 Å². The largest absolute Gasteiger partial charge is 0.451 e. The zero-order chi connectivity index (χ0) is 19.9. The molecule has 0 spiro atoms. The van der Waals surface area contributed by atoms with Gasteiger partial charge in [-0.2, -0.15) is 21.6 Å². The van der Waals surface area contributed by atoms with Crippen molar-refractivity contribution >= 4 is 24.4 Å². The highest BCUT2D eigenvalue weighted by Gasteiger charge is 2.45. The topological polar surface area (TPSA) is 89.9 Å². The van der Waals surface area contributed by atoms with Crippen molar-refractivity contribution in [3.8, 4) is 0 Å². The molecule has 0 aromatic carbocycles. The molecule has 0 heterocycles. The van der Waals surface area contributed by atoms with E-state index in [0.717, 1.165) is 12.8 Å². The Hall–Kier alpha value is -0.653. The molecule has 0 aliphatic rings. The molecule has 0 aromatic heterocycles. The van der Waals surface area contributed by atoms with Gasteiger partial charge < -0.3 is 9.16 Å². The second kappa shape index (κ2) is 9.88. The van der Waals surface area contributed by atoms with Crippen molar-refractivity contribution in [2.24, 2.45) is 0 Å². The predicted octanol–water partition coefficient (Wildman–Crippen LogP) is 3.54. The van der Waals surface area contributed by atoms with Gasteiger partial charge in [0.2, 0.25) is 6.10 Å². The van der Waals surface area contributed by atoms with Crippen molar-refractivity contribution < 1.29 is 40.1 Å². The number of carbonyl (C=O) groups excluding carboxylic acids is 1. The Morgan fingerprint density at radius 3 is 2.20 bits per heavy atom. The average molecular weight is 409 g/mol. The van der Waals surface area contributed by atoms with E-state index in [2.05, 4.69) is 4.74 Å². The fourth-order valence-corrected chi connectivity index (χ4v) is 5.31. The first-order valence-corrected chi connectivity index (χ1v) is 12.6. The smallest absolute Gasteiger partial charge is 0.426 e. The molecule has 0 bridgehead atoms. The van der Waals surface area contributed by atoms with Gasteiger partial charge in [-0.15, -0.1) is 0 Å². The standard InChI is InChI=1S/C14H27F3O6SSi/c1-5-7-11(25(3,4)22-2)8-6-9-13(18)23-12(14(15,16)17)10-24(19,20)21/h11-12H,5-10H2,1-4H3,(H,19,20,21). The lowest BCUT2D eigenvalue weighted by Crippen LogP contribution is -2.39. The predicted molar refractivity (Wildman–Crippen MR) is 89.4 cm³/mol. The molecular formula is C14H27F3O6SSi. The third kappa shape index (κ3) is 10.2. The van der Waals surface area contributed by atoms with E-state index in [9.17, 15) is 26.4 Å².